The molecule has 2 N–H and O–H groups in total. The van der Waals surface area contributed by atoms with Gasteiger partial charge < -0.3 is 19.9 Å². The lowest BCUT2D eigenvalue weighted by atomic mass is 10.1. The molecule has 0 unspecified atom stereocenters. The van der Waals surface area contributed by atoms with Crippen molar-refractivity contribution in [3.63, 3.8) is 0 Å². The fourth-order valence-electron chi connectivity index (χ4n) is 2.01. The molecule has 0 aliphatic carbocycles. The lowest BCUT2D eigenvalue weighted by Crippen LogP contribution is -2.38. The summed E-state index contributed by atoms with van der Waals surface area (Å²) in [6, 6.07) is 2.32. The molecular formula is C14H19Cl3N2O4. The molecule has 0 bridgehead atoms. The van der Waals surface area contributed by atoms with Crippen molar-refractivity contribution in [2.24, 2.45) is 5.73 Å². The smallest absolute Gasteiger partial charge is 0.325 e. The Balaban J connectivity index is 0.00000264. The van der Waals surface area contributed by atoms with Gasteiger partial charge in [0.2, 0.25) is 0 Å². The number of pyridine rings is 1. The normalized spacial score (nSPS) is 16.5. The maximum Gasteiger partial charge on any atom is 0.325 e. The largest absolute Gasteiger partial charge is 0.460 e. The highest BCUT2D eigenvalue weighted by Gasteiger charge is 2.20. The van der Waals surface area contributed by atoms with Gasteiger partial charge in [0, 0.05) is 13.2 Å². The number of carbonyl (C=O) groups excluding carboxylic acids is 1. The van der Waals surface area contributed by atoms with Crippen LogP contribution in [0.2, 0.25) is 10.3 Å². The number of hydrogen-bond acceptors (Lipinski definition) is 6. The van der Waals surface area contributed by atoms with E-state index < -0.39 is 12.0 Å². The van der Waals surface area contributed by atoms with Crippen LogP contribution < -0.4 is 5.73 Å². The van der Waals surface area contributed by atoms with Gasteiger partial charge in [-0.25, -0.2) is 4.98 Å². The van der Waals surface area contributed by atoms with Gasteiger partial charge in [-0.15, -0.1) is 12.4 Å². The second kappa shape index (κ2) is 10.3. The van der Waals surface area contributed by atoms with Crippen LogP contribution in [0.15, 0.2) is 12.1 Å². The van der Waals surface area contributed by atoms with Gasteiger partial charge in [-0.05, 0) is 30.5 Å². The van der Waals surface area contributed by atoms with E-state index >= 15 is 0 Å². The predicted octanol–water partition coefficient (Wildman–Crippen LogP) is 2.38. The van der Waals surface area contributed by atoms with Crippen molar-refractivity contribution in [3.05, 3.63) is 28.0 Å². The Bertz CT molecular complexity index is 493. The van der Waals surface area contributed by atoms with Gasteiger partial charge in [0.25, 0.3) is 0 Å². The molecule has 130 valence electrons. The summed E-state index contributed by atoms with van der Waals surface area (Å²) >= 11 is 11.5. The van der Waals surface area contributed by atoms with Crippen LogP contribution in [0.3, 0.4) is 0 Å². The van der Waals surface area contributed by atoms with Crippen LogP contribution in [0.1, 0.15) is 18.4 Å². The second-order valence-corrected chi connectivity index (χ2v) is 5.75. The molecule has 0 amide bonds. The number of rotatable bonds is 6. The molecule has 0 aromatic carbocycles. The molecule has 0 radical (unpaired) electrons. The summed E-state index contributed by atoms with van der Waals surface area (Å²) < 4.78 is 16.0. The Morgan fingerprint density at radius 2 is 1.96 bits per heavy atom. The lowest BCUT2D eigenvalue weighted by molar-refractivity contribution is -0.149. The molecule has 1 aliphatic heterocycles. The molecule has 2 heterocycles. The van der Waals surface area contributed by atoms with Gasteiger partial charge in [0.05, 0.1) is 12.7 Å². The fraction of sp³-hybridized carbons (Fsp3) is 0.571. The van der Waals surface area contributed by atoms with Crippen LogP contribution in [-0.4, -0.2) is 42.9 Å². The summed E-state index contributed by atoms with van der Waals surface area (Å²) in [5.41, 5.74) is 6.41. The minimum absolute atomic E-state index is 0. The van der Waals surface area contributed by atoms with E-state index in [0.29, 0.717) is 18.8 Å². The van der Waals surface area contributed by atoms with Gasteiger partial charge in [-0.1, -0.05) is 23.2 Å². The number of nitrogens with two attached hydrogens (primary N) is 1. The number of hydrogen-bond donors (Lipinski definition) is 1. The molecule has 0 spiro atoms. The van der Waals surface area contributed by atoms with E-state index in [1.165, 1.54) is 0 Å². The molecule has 2 rings (SSSR count). The summed E-state index contributed by atoms with van der Waals surface area (Å²) in [4.78, 5) is 15.6. The Morgan fingerprint density at radius 3 is 2.57 bits per heavy atom. The van der Waals surface area contributed by atoms with Crippen LogP contribution in [0.4, 0.5) is 0 Å². The van der Waals surface area contributed by atoms with Gasteiger partial charge in [0.15, 0.2) is 0 Å². The van der Waals surface area contributed by atoms with Gasteiger partial charge in [0.1, 0.15) is 23.0 Å². The first kappa shape index (κ1) is 20.4. The van der Waals surface area contributed by atoms with E-state index in [2.05, 4.69) is 4.98 Å². The highest BCUT2D eigenvalue weighted by Crippen LogP contribution is 2.15. The number of carbonyl (C=O) groups is 1. The van der Waals surface area contributed by atoms with Crippen LogP contribution in [-0.2, 0) is 25.6 Å². The summed E-state index contributed by atoms with van der Waals surface area (Å²) in [6.45, 7) is 1.51. The average molecular weight is 386 g/mol. The van der Waals surface area contributed by atoms with E-state index in [9.17, 15) is 4.79 Å². The first-order valence-electron chi connectivity index (χ1n) is 6.98. The first-order valence-corrected chi connectivity index (χ1v) is 7.73. The lowest BCUT2D eigenvalue weighted by Gasteiger charge is -2.23. The van der Waals surface area contributed by atoms with Crippen molar-refractivity contribution in [2.75, 3.05) is 19.8 Å². The summed E-state index contributed by atoms with van der Waals surface area (Å²) in [5, 5.41) is 0.483. The SMILES string of the molecule is Cl.N[C@@H](COC1CCOCC1)C(=O)OCc1cc(Cl)nc(Cl)c1. The van der Waals surface area contributed by atoms with E-state index in [-0.39, 0.29) is 42.0 Å². The van der Waals surface area contributed by atoms with Gasteiger partial charge >= 0.3 is 5.97 Å². The summed E-state index contributed by atoms with van der Waals surface area (Å²) in [7, 11) is 0. The molecule has 6 nitrogen and oxygen atoms in total. The predicted molar refractivity (Wildman–Crippen MR) is 89.1 cm³/mol. The number of halogens is 3. The molecule has 1 atom stereocenters. The second-order valence-electron chi connectivity index (χ2n) is 4.98. The van der Waals surface area contributed by atoms with Crippen LogP contribution in [0.25, 0.3) is 0 Å². The minimum Gasteiger partial charge on any atom is -0.460 e. The van der Waals surface area contributed by atoms with E-state index in [4.69, 9.17) is 43.1 Å². The monoisotopic (exact) mass is 384 g/mol. The third-order valence-electron chi connectivity index (χ3n) is 3.19. The van der Waals surface area contributed by atoms with Crippen LogP contribution in [0, 0.1) is 0 Å². The van der Waals surface area contributed by atoms with E-state index in [0.717, 1.165) is 12.8 Å². The van der Waals surface area contributed by atoms with Crippen molar-refractivity contribution in [3.8, 4) is 0 Å². The topological polar surface area (TPSA) is 83.7 Å². The van der Waals surface area contributed by atoms with E-state index in [1.54, 1.807) is 12.1 Å². The summed E-state index contributed by atoms with van der Waals surface area (Å²) in [6.07, 6.45) is 1.72. The molecule has 1 fully saturated rings. The van der Waals surface area contributed by atoms with Crippen molar-refractivity contribution in [1.82, 2.24) is 4.98 Å². The zero-order valence-corrected chi connectivity index (χ0v) is 14.7. The average Bonchev–Trinajstić information content (AvgIpc) is 2.50. The van der Waals surface area contributed by atoms with Gasteiger partial charge in [-0.2, -0.15) is 0 Å². The summed E-state index contributed by atoms with van der Waals surface area (Å²) in [5.74, 6) is -0.531. The third-order valence-corrected chi connectivity index (χ3v) is 3.57. The maximum absolute atomic E-state index is 11.8. The highest BCUT2D eigenvalue weighted by molar-refractivity contribution is 6.32. The Morgan fingerprint density at radius 1 is 1.35 bits per heavy atom. The molecule has 1 aliphatic rings. The zero-order valence-electron chi connectivity index (χ0n) is 12.4. The van der Waals surface area contributed by atoms with Crippen molar-refractivity contribution in [2.45, 2.75) is 31.6 Å². The Hall–Kier alpha value is -0.630. The zero-order chi connectivity index (χ0) is 15.9. The molecule has 0 saturated carbocycles. The van der Waals surface area contributed by atoms with E-state index in [1.807, 2.05) is 0 Å². The van der Waals surface area contributed by atoms with Crippen LogP contribution in [0.5, 0.6) is 0 Å². The Labute approximate surface area is 151 Å². The Kier molecular flexibility index (Phi) is 9.12. The molecule has 1 aromatic heterocycles. The number of ether oxygens (including phenoxy) is 3. The standard InChI is InChI=1S/C14H18Cl2N2O4.ClH/c15-12-5-9(6-13(16)18-12)7-22-14(19)11(17)8-21-10-1-3-20-4-2-10;/h5-6,10-11H,1-4,7-8,17H2;1H/t11-;/m0./s1. The molecule has 1 aromatic rings. The number of aromatic nitrogens is 1. The molecule has 9 heteroatoms. The van der Waals surface area contributed by atoms with Crippen molar-refractivity contribution >= 4 is 41.6 Å². The molecule has 1 saturated heterocycles. The van der Waals surface area contributed by atoms with Gasteiger partial charge in [-0.3, -0.25) is 4.79 Å². The third kappa shape index (κ3) is 7.20. The minimum atomic E-state index is -0.823. The van der Waals surface area contributed by atoms with Crippen LogP contribution >= 0.6 is 35.6 Å². The maximum atomic E-state index is 11.8. The van der Waals surface area contributed by atoms with Crippen molar-refractivity contribution < 1.29 is 19.0 Å². The molecular weight excluding hydrogens is 367 g/mol. The first-order chi connectivity index (χ1) is 10.5. The quantitative estimate of drug-likeness (QED) is 0.598. The molecule has 23 heavy (non-hydrogen) atoms. The number of esters is 1. The number of nitrogens with zero attached hydrogens (tertiary/aromatic N) is 1. The van der Waals surface area contributed by atoms with Crippen molar-refractivity contribution in [1.29, 1.82) is 0 Å². The fourth-order valence-corrected chi connectivity index (χ4v) is 2.52. The highest BCUT2D eigenvalue weighted by atomic mass is 35.5.